The molecule has 3 N–H and O–H groups in total. The molecule has 0 aromatic heterocycles. The summed E-state index contributed by atoms with van der Waals surface area (Å²) in [5, 5.41) is 10.3. The van der Waals surface area contributed by atoms with Gasteiger partial charge in [0, 0.05) is 16.8 Å². The number of benzene rings is 1. The van der Waals surface area contributed by atoms with E-state index in [2.05, 4.69) is 16.0 Å². The van der Waals surface area contributed by atoms with Gasteiger partial charge >= 0.3 is 0 Å². The van der Waals surface area contributed by atoms with Crippen molar-refractivity contribution in [2.75, 3.05) is 0 Å². The summed E-state index contributed by atoms with van der Waals surface area (Å²) in [6.45, 7) is 1.86. The SMILES string of the molecule is CC1=C(C(=O)NC2CC2)[C@H](c2ccccc2Cl)NC(=S)N1. The van der Waals surface area contributed by atoms with Gasteiger partial charge in [-0.05, 0) is 43.6 Å². The molecule has 0 saturated heterocycles. The predicted octanol–water partition coefficient (Wildman–Crippen LogP) is 2.41. The second-order valence-electron chi connectivity index (χ2n) is 5.34. The highest BCUT2D eigenvalue weighted by atomic mass is 35.5. The van der Waals surface area contributed by atoms with E-state index in [0.717, 1.165) is 24.1 Å². The molecule has 1 heterocycles. The Bertz CT molecular complexity index is 640. The Balaban J connectivity index is 1.98. The number of thiocarbonyl (C=S) groups is 1. The fourth-order valence-corrected chi connectivity index (χ4v) is 2.94. The van der Waals surface area contributed by atoms with Crippen molar-refractivity contribution >= 4 is 34.8 Å². The molecule has 1 amide bonds. The summed E-state index contributed by atoms with van der Waals surface area (Å²) in [5.41, 5.74) is 2.26. The van der Waals surface area contributed by atoms with Gasteiger partial charge in [0.05, 0.1) is 11.6 Å². The highest BCUT2D eigenvalue weighted by Gasteiger charge is 2.33. The van der Waals surface area contributed by atoms with Gasteiger partial charge in [0.15, 0.2) is 5.11 Å². The molecular weight excluding hydrogens is 306 g/mol. The summed E-state index contributed by atoms with van der Waals surface area (Å²) in [6, 6.07) is 7.47. The lowest BCUT2D eigenvalue weighted by atomic mass is 9.95. The van der Waals surface area contributed by atoms with Crippen LogP contribution in [0.2, 0.25) is 5.02 Å². The highest BCUT2D eigenvalue weighted by molar-refractivity contribution is 7.80. The first-order chi connectivity index (χ1) is 10.1. The molecule has 6 heteroatoms. The van der Waals surface area contributed by atoms with Crippen LogP contribution in [0.3, 0.4) is 0 Å². The Morgan fingerprint density at radius 1 is 1.38 bits per heavy atom. The van der Waals surface area contributed by atoms with Gasteiger partial charge in [0.2, 0.25) is 0 Å². The second kappa shape index (κ2) is 5.66. The molecule has 4 nitrogen and oxygen atoms in total. The Kier molecular flexibility index (Phi) is 3.87. The molecule has 2 aliphatic rings. The lowest BCUT2D eigenvalue weighted by molar-refractivity contribution is -0.118. The number of allylic oxidation sites excluding steroid dienone is 1. The Morgan fingerprint density at radius 3 is 2.76 bits per heavy atom. The van der Waals surface area contributed by atoms with Crippen LogP contribution in [0.25, 0.3) is 0 Å². The van der Waals surface area contributed by atoms with Crippen molar-refractivity contribution in [1.29, 1.82) is 0 Å². The van der Waals surface area contributed by atoms with Crippen LogP contribution in [0.5, 0.6) is 0 Å². The first-order valence-electron chi connectivity index (χ1n) is 6.90. The molecule has 1 aliphatic carbocycles. The summed E-state index contributed by atoms with van der Waals surface area (Å²) in [6.07, 6.45) is 2.10. The van der Waals surface area contributed by atoms with Gasteiger partial charge in [-0.1, -0.05) is 29.8 Å². The molecule has 3 rings (SSSR count). The molecule has 1 aromatic rings. The van der Waals surface area contributed by atoms with E-state index in [1.807, 2.05) is 31.2 Å². The van der Waals surface area contributed by atoms with Crippen molar-refractivity contribution in [3.05, 3.63) is 46.1 Å². The smallest absolute Gasteiger partial charge is 0.251 e. The van der Waals surface area contributed by atoms with Gasteiger partial charge < -0.3 is 16.0 Å². The van der Waals surface area contributed by atoms with Crippen molar-refractivity contribution in [3.63, 3.8) is 0 Å². The Labute approximate surface area is 133 Å². The van der Waals surface area contributed by atoms with Crippen LogP contribution in [0.4, 0.5) is 0 Å². The fraction of sp³-hybridized carbons (Fsp3) is 0.333. The number of hydrogen-bond acceptors (Lipinski definition) is 2. The highest BCUT2D eigenvalue weighted by Crippen LogP contribution is 2.32. The van der Waals surface area contributed by atoms with E-state index >= 15 is 0 Å². The van der Waals surface area contributed by atoms with E-state index in [0.29, 0.717) is 21.8 Å². The van der Waals surface area contributed by atoms with Crippen LogP contribution in [0.15, 0.2) is 35.5 Å². The molecule has 1 aliphatic heterocycles. The number of halogens is 1. The Hall–Kier alpha value is -1.59. The maximum Gasteiger partial charge on any atom is 0.251 e. The standard InChI is InChI=1S/C15H16ClN3OS/c1-8-12(14(20)18-9-6-7-9)13(19-15(21)17-8)10-4-2-3-5-11(10)16/h2-5,9,13H,6-7H2,1H3,(H,18,20)(H2,17,19,21)/t13-/m0/s1. The zero-order valence-corrected chi connectivity index (χ0v) is 13.1. The van der Waals surface area contributed by atoms with Crippen LogP contribution in [-0.2, 0) is 4.79 Å². The van der Waals surface area contributed by atoms with Crippen molar-refractivity contribution in [1.82, 2.24) is 16.0 Å². The molecular formula is C15H16ClN3OS. The lowest BCUT2D eigenvalue weighted by Crippen LogP contribution is -2.47. The summed E-state index contributed by atoms with van der Waals surface area (Å²) in [5.74, 6) is -0.0672. The quantitative estimate of drug-likeness (QED) is 0.748. The summed E-state index contributed by atoms with van der Waals surface area (Å²) < 4.78 is 0. The van der Waals surface area contributed by atoms with Crippen molar-refractivity contribution in [2.45, 2.75) is 31.8 Å². The lowest BCUT2D eigenvalue weighted by Gasteiger charge is -2.30. The Morgan fingerprint density at radius 2 is 2.10 bits per heavy atom. The van der Waals surface area contributed by atoms with E-state index in [1.54, 1.807) is 0 Å². The first-order valence-corrected chi connectivity index (χ1v) is 7.68. The molecule has 1 fully saturated rings. The van der Waals surface area contributed by atoms with E-state index in [9.17, 15) is 4.79 Å². The summed E-state index contributed by atoms with van der Waals surface area (Å²) >= 11 is 11.5. The minimum Gasteiger partial charge on any atom is -0.351 e. The second-order valence-corrected chi connectivity index (χ2v) is 6.15. The summed E-state index contributed by atoms with van der Waals surface area (Å²) in [4.78, 5) is 12.5. The van der Waals surface area contributed by atoms with E-state index in [4.69, 9.17) is 23.8 Å². The minimum absolute atomic E-state index is 0.0672. The van der Waals surface area contributed by atoms with Gasteiger partial charge in [-0.3, -0.25) is 4.79 Å². The molecule has 21 heavy (non-hydrogen) atoms. The van der Waals surface area contributed by atoms with Gasteiger partial charge in [0.25, 0.3) is 5.91 Å². The number of nitrogens with one attached hydrogen (secondary N) is 3. The molecule has 1 atom stereocenters. The van der Waals surface area contributed by atoms with Gasteiger partial charge in [-0.15, -0.1) is 0 Å². The maximum absolute atomic E-state index is 12.5. The number of amides is 1. The fourth-order valence-electron chi connectivity index (χ4n) is 2.43. The summed E-state index contributed by atoms with van der Waals surface area (Å²) in [7, 11) is 0. The van der Waals surface area contributed by atoms with Crippen LogP contribution >= 0.6 is 23.8 Å². The normalized spacial score (nSPS) is 21.6. The topological polar surface area (TPSA) is 53.2 Å². The molecule has 0 unspecified atom stereocenters. The van der Waals surface area contributed by atoms with Crippen molar-refractivity contribution in [3.8, 4) is 0 Å². The largest absolute Gasteiger partial charge is 0.351 e. The molecule has 1 aromatic carbocycles. The molecule has 0 bridgehead atoms. The van der Waals surface area contributed by atoms with E-state index < -0.39 is 0 Å². The molecule has 0 radical (unpaired) electrons. The number of carbonyl (C=O) groups is 1. The van der Waals surface area contributed by atoms with Crippen LogP contribution in [0.1, 0.15) is 31.4 Å². The maximum atomic E-state index is 12.5. The average Bonchev–Trinajstić information content (AvgIpc) is 3.22. The zero-order valence-electron chi connectivity index (χ0n) is 11.6. The first kappa shape index (κ1) is 14.4. The van der Waals surface area contributed by atoms with Crippen LogP contribution in [-0.4, -0.2) is 17.1 Å². The van der Waals surface area contributed by atoms with Gasteiger partial charge in [-0.25, -0.2) is 0 Å². The number of carbonyl (C=O) groups excluding carboxylic acids is 1. The minimum atomic E-state index is -0.328. The van der Waals surface area contributed by atoms with E-state index in [1.165, 1.54) is 0 Å². The van der Waals surface area contributed by atoms with Crippen LogP contribution < -0.4 is 16.0 Å². The molecule has 0 spiro atoms. The third kappa shape index (κ3) is 3.04. The number of hydrogen-bond donors (Lipinski definition) is 3. The van der Waals surface area contributed by atoms with E-state index in [-0.39, 0.29) is 11.9 Å². The monoisotopic (exact) mass is 321 g/mol. The third-order valence-electron chi connectivity index (χ3n) is 3.64. The molecule has 1 saturated carbocycles. The van der Waals surface area contributed by atoms with Crippen molar-refractivity contribution in [2.24, 2.45) is 0 Å². The zero-order chi connectivity index (χ0) is 15.0. The van der Waals surface area contributed by atoms with Gasteiger partial charge in [-0.2, -0.15) is 0 Å². The average molecular weight is 322 g/mol. The number of rotatable bonds is 3. The molecule has 110 valence electrons. The van der Waals surface area contributed by atoms with Crippen LogP contribution in [0, 0.1) is 0 Å². The third-order valence-corrected chi connectivity index (χ3v) is 4.21. The van der Waals surface area contributed by atoms with Crippen molar-refractivity contribution < 1.29 is 4.79 Å². The predicted molar refractivity (Wildman–Crippen MR) is 86.9 cm³/mol. The van der Waals surface area contributed by atoms with Gasteiger partial charge in [0.1, 0.15) is 0 Å².